The minimum absolute atomic E-state index is 0.0269. The van der Waals surface area contributed by atoms with Gasteiger partial charge in [0, 0.05) is 12.8 Å². The van der Waals surface area contributed by atoms with Crippen LogP contribution in [0.3, 0.4) is 0 Å². The molecule has 0 saturated heterocycles. The number of phosphoric ester groups is 1. The third-order valence-electron chi connectivity index (χ3n) is 13.8. The molecule has 10 heteroatoms. The summed E-state index contributed by atoms with van der Waals surface area (Å²) >= 11 is 0. The highest BCUT2D eigenvalue weighted by atomic mass is 31.2. The Morgan fingerprint density at radius 3 is 1.17 bits per heavy atom. The number of likely N-dealkylation sites (N-methyl/N-ethyl adjacent to an activating group) is 1. The minimum Gasteiger partial charge on any atom is -0.456 e. The number of amides is 1. The average molecular weight is 1160 g/mol. The number of quaternary nitrogens is 1. The first-order valence-corrected chi connectivity index (χ1v) is 34.5. The molecule has 3 atom stereocenters. The Hall–Kier alpha value is -3.85. The highest BCUT2D eigenvalue weighted by Crippen LogP contribution is 2.43. The second kappa shape index (κ2) is 60.3. The van der Waals surface area contributed by atoms with Crippen LogP contribution in [0.1, 0.15) is 258 Å². The number of hydrogen-bond donors (Lipinski definition) is 2. The van der Waals surface area contributed by atoms with Gasteiger partial charge in [0.2, 0.25) is 5.91 Å². The van der Waals surface area contributed by atoms with E-state index >= 15 is 0 Å². The van der Waals surface area contributed by atoms with E-state index in [1.165, 1.54) is 70.6 Å². The molecule has 0 aliphatic heterocycles. The lowest BCUT2D eigenvalue weighted by molar-refractivity contribution is -0.870. The molecule has 0 aliphatic rings. The highest BCUT2D eigenvalue weighted by Gasteiger charge is 2.30. The van der Waals surface area contributed by atoms with Crippen molar-refractivity contribution in [3.05, 3.63) is 134 Å². The fourth-order valence-electron chi connectivity index (χ4n) is 8.82. The van der Waals surface area contributed by atoms with Gasteiger partial charge >= 0.3 is 13.8 Å². The summed E-state index contributed by atoms with van der Waals surface area (Å²) in [5.41, 5.74) is 0. The van der Waals surface area contributed by atoms with Crippen LogP contribution in [-0.4, -0.2) is 74.3 Å². The van der Waals surface area contributed by atoms with Crippen LogP contribution < -0.4 is 5.32 Å². The molecule has 82 heavy (non-hydrogen) atoms. The Labute approximate surface area is 505 Å². The van der Waals surface area contributed by atoms with E-state index in [4.69, 9.17) is 13.8 Å². The zero-order valence-corrected chi connectivity index (χ0v) is 54.3. The third-order valence-corrected chi connectivity index (χ3v) is 14.8. The van der Waals surface area contributed by atoms with Crippen molar-refractivity contribution in [2.45, 2.75) is 270 Å². The quantitative estimate of drug-likeness (QED) is 0.0205. The largest absolute Gasteiger partial charge is 0.472 e. The van der Waals surface area contributed by atoms with Gasteiger partial charge in [-0.3, -0.25) is 18.6 Å². The van der Waals surface area contributed by atoms with Gasteiger partial charge in [0.15, 0.2) is 0 Å². The second-order valence-corrected chi connectivity index (χ2v) is 24.3. The predicted molar refractivity (Wildman–Crippen MR) is 355 cm³/mol. The van der Waals surface area contributed by atoms with Crippen molar-refractivity contribution >= 4 is 19.7 Å². The van der Waals surface area contributed by atoms with E-state index in [0.717, 1.165) is 148 Å². The summed E-state index contributed by atoms with van der Waals surface area (Å²) in [5.74, 6) is -0.547. The average Bonchev–Trinajstić information content (AvgIpc) is 3.47. The number of rotatable bonds is 58. The molecular formula is C72H124N2O7P+. The molecule has 0 aliphatic carbocycles. The number of ether oxygens (including phenoxy) is 1. The first-order chi connectivity index (χ1) is 39.9. The van der Waals surface area contributed by atoms with Crippen molar-refractivity contribution in [3.63, 3.8) is 0 Å². The minimum atomic E-state index is -4.47. The van der Waals surface area contributed by atoms with Gasteiger partial charge < -0.3 is 19.4 Å². The molecule has 0 aromatic heterocycles. The molecule has 0 aromatic carbocycles. The lowest BCUT2D eigenvalue weighted by Crippen LogP contribution is -2.47. The van der Waals surface area contributed by atoms with Gasteiger partial charge in [0.05, 0.1) is 33.8 Å². The van der Waals surface area contributed by atoms with Crippen molar-refractivity contribution in [1.82, 2.24) is 5.32 Å². The Kier molecular flexibility index (Phi) is 57.4. The summed E-state index contributed by atoms with van der Waals surface area (Å²) in [4.78, 5) is 37.8. The summed E-state index contributed by atoms with van der Waals surface area (Å²) in [7, 11) is 1.46. The van der Waals surface area contributed by atoms with Gasteiger partial charge in [-0.1, -0.05) is 258 Å². The summed E-state index contributed by atoms with van der Waals surface area (Å²) in [5, 5.41) is 3.05. The smallest absolute Gasteiger partial charge is 0.456 e. The lowest BCUT2D eigenvalue weighted by Gasteiger charge is -2.27. The van der Waals surface area contributed by atoms with Crippen LogP contribution in [0.15, 0.2) is 134 Å². The van der Waals surface area contributed by atoms with Gasteiger partial charge in [0.1, 0.15) is 19.3 Å². The van der Waals surface area contributed by atoms with Crippen LogP contribution >= 0.6 is 7.82 Å². The van der Waals surface area contributed by atoms with E-state index in [0.29, 0.717) is 23.9 Å². The number of hydrogen-bond acceptors (Lipinski definition) is 6. The van der Waals surface area contributed by atoms with Gasteiger partial charge in [-0.05, 0) is 122 Å². The number of carbonyl (C=O) groups excluding carboxylic acids is 2. The summed E-state index contributed by atoms with van der Waals surface area (Å²) in [6.07, 6.45) is 85.9. The molecule has 0 heterocycles. The maximum atomic E-state index is 13.6. The molecule has 2 N–H and O–H groups in total. The van der Waals surface area contributed by atoms with Crippen LogP contribution in [-0.2, 0) is 27.9 Å². The van der Waals surface area contributed by atoms with Crippen molar-refractivity contribution in [2.24, 2.45) is 0 Å². The molecule has 0 radical (unpaired) electrons. The molecule has 3 unspecified atom stereocenters. The lowest BCUT2D eigenvalue weighted by atomic mass is 10.0. The van der Waals surface area contributed by atoms with E-state index < -0.39 is 20.0 Å². The summed E-state index contributed by atoms with van der Waals surface area (Å²) in [6, 6.07) is -0.873. The van der Waals surface area contributed by atoms with Crippen LogP contribution in [0.4, 0.5) is 0 Å². The van der Waals surface area contributed by atoms with Crippen LogP contribution in [0.5, 0.6) is 0 Å². The number of nitrogens with one attached hydrogen (secondary N) is 1. The molecule has 0 rings (SSSR count). The molecule has 0 bridgehead atoms. The normalized spacial score (nSPS) is 14.5. The van der Waals surface area contributed by atoms with E-state index in [1.54, 1.807) is 0 Å². The number of unbranched alkanes of at least 4 members (excludes halogenated alkanes) is 22. The van der Waals surface area contributed by atoms with Crippen LogP contribution in [0.25, 0.3) is 0 Å². The topological polar surface area (TPSA) is 111 Å². The maximum absolute atomic E-state index is 13.6. The monoisotopic (exact) mass is 1160 g/mol. The Bertz CT molecular complexity index is 1860. The molecule has 0 aromatic rings. The van der Waals surface area contributed by atoms with Gasteiger partial charge in [-0.25, -0.2) is 4.57 Å². The second-order valence-electron chi connectivity index (χ2n) is 22.9. The van der Waals surface area contributed by atoms with Crippen molar-refractivity contribution in [2.75, 3.05) is 40.9 Å². The molecule has 0 spiro atoms. The molecule has 1 amide bonds. The number of carbonyl (C=O) groups is 2. The first-order valence-electron chi connectivity index (χ1n) is 33.0. The van der Waals surface area contributed by atoms with E-state index in [2.05, 4.69) is 148 Å². The predicted octanol–water partition coefficient (Wildman–Crippen LogP) is 20.8. The maximum Gasteiger partial charge on any atom is 0.472 e. The first kappa shape index (κ1) is 78.1. The Morgan fingerprint density at radius 1 is 0.439 bits per heavy atom. The molecule has 0 fully saturated rings. The fraction of sp³-hybridized carbons (Fsp3) is 0.667. The van der Waals surface area contributed by atoms with Gasteiger partial charge in [-0.2, -0.15) is 0 Å². The Morgan fingerprint density at radius 2 is 0.780 bits per heavy atom. The summed E-state index contributed by atoms with van der Waals surface area (Å²) in [6.45, 7) is 6.75. The van der Waals surface area contributed by atoms with E-state index in [9.17, 15) is 19.0 Å². The zero-order chi connectivity index (χ0) is 60.0. The Balaban J connectivity index is 5.25. The van der Waals surface area contributed by atoms with Crippen LogP contribution in [0, 0.1) is 0 Å². The van der Waals surface area contributed by atoms with Crippen LogP contribution in [0.2, 0.25) is 0 Å². The van der Waals surface area contributed by atoms with Crippen molar-refractivity contribution in [3.8, 4) is 0 Å². The molecular weight excluding hydrogens is 1040 g/mol. The van der Waals surface area contributed by atoms with Gasteiger partial charge in [0.25, 0.3) is 0 Å². The molecule has 0 saturated carbocycles. The SMILES string of the molecule is CC/C=C\C/C=C\C/C=C\C/C=C\C/C=C\CCCCCCCCCC(=O)NC(COP(=O)(O)OCC[N+](C)(C)C)C(/C=C/CCCCCCCCCCCC)OC(=O)CCCCCCC/C=C\C/C=C\C/C=C\C/C=C\C/C=C\CC. The number of allylic oxidation sites excluding steroid dienone is 21. The summed E-state index contributed by atoms with van der Waals surface area (Å²) < 4.78 is 30.7. The van der Waals surface area contributed by atoms with Crippen molar-refractivity contribution < 1.29 is 37.3 Å². The fourth-order valence-corrected chi connectivity index (χ4v) is 9.55. The highest BCUT2D eigenvalue weighted by molar-refractivity contribution is 7.47. The van der Waals surface area contributed by atoms with Gasteiger partial charge in [-0.15, -0.1) is 0 Å². The van der Waals surface area contributed by atoms with E-state index in [1.807, 2.05) is 33.3 Å². The zero-order valence-electron chi connectivity index (χ0n) is 53.4. The van der Waals surface area contributed by atoms with Crippen molar-refractivity contribution in [1.29, 1.82) is 0 Å². The number of phosphoric acid groups is 1. The number of esters is 1. The third kappa shape index (κ3) is 60.7. The van der Waals surface area contributed by atoms with E-state index in [-0.39, 0.29) is 31.5 Å². The standard InChI is InChI=1S/C72H123N2O7P/c1-7-10-13-16-19-22-25-28-30-32-34-36-37-39-40-42-44-46-49-52-55-58-61-64-71(75)73-69(68-80-82(77,78)79-67-66-74(4,5)6)70(63-60-57-54-51-48-27-24-21-18-15-12-9-3)81-72(76)65-62-59-56-53-50-47-45-43-41-38-35-33-31-29-26-23-20-17-14-11-8-2/h10-11,13-14,19-20,22-23,28-31,34-36,38-40,43,45,60,63,69-70H,7-9,12,15-18,21,24-27,32-33,37,41-42,44,46-59,61-62,64-68H2,1-6H3,(H-,73,75,77,78)/p+1/b13-10-,14-11-,22-19-,23-20-,30-28-,31-29-,36-34-,38-35-,40-39-,45-43-,63-60+. The molecule has 468 valence electrons. The number of nitrogens with zero attached hydrogens (tertiary/aromatic N) is 1. The molecule has 9 nitrogen and oxygen atoms in total.